The Morgan fingerprint density at radius 3 is 2.09 bits per heavy atom. The van der Waals surface area contributed by atoms with Crippen molar-refractivity contribution in [3.05, 3.63) is 29.8 Å². The Balaban J connectivity index is 3.09. The summed E-state index contributed by atoms with van der Waals surface area (Å²) in [6, 6.07) is 7.05. The van der Waals surface area contributed by atoms with Crippen LogP contribution in [0.3, 0.4) is 0 Å². The Hall–Kier alpha value is -0.590. The standard InChI is InChI=1S/C8H11O2P/c1-7-3-5-8(6-4-7)11(2,9)10/h3-6H,1-2H3,(H,9,10). The number of aryl methyl sites for hydroxylation is 1. The molecule has 0 spiro atoms. The second kappa shape index (κ2) is 2.80. The topological polar surface area (TPSA) is 37.3 Å². The number of benzene rings is 1. The summed E-state index contributed by atoms with van der Waals surface area (Å²) in [5, 5.41) is 0.517. The van der Waals surface area contributed by atoms with Crippen molar-refractivity contribution in [3.63, 3.8) is 0 Å². The largest absolute Gasteiger partial charge is 0.341 e. The first-order chi connectivity index (χ1) is 5.00. The first kappa shape index (κ1) is 8.51. The van der Waals surface area contributed by atoms with Gasteiger partial charge in [-0.25, -0.2) is 0 Å². The predicted molar refractivity (Wildman–Crippen MR) is 46.6 cm³/mol. The summed E-state index contributed by atoms with van der Waals surface area (Å²) in [4.78, 5) is 9.14. The van der Waals surface area contributed by atoms with Crippen LogP contribution >= 0.6 is 7.37 Å². The third kappa shape index (κ3) is 2.18. The molecule has 0 saturated heterocycles. The smallest absolute Gasteiger partial charge is 0.226 e. The van der Waals surface area contributed by atoms with Crippen LogP contribution in [0.2, 0.25) is 0 Å². The Kier molecular flexibility index (Phi) is 2.17. The Labute approximate surface area is 66.3 Å². The molecule has 0 aliphatic heterocycles. The normalized spacial score (nSPS) is 15.9. The highest BCUT2D eigenvalue weighted by Crippen LogP contribution is 2.33. The molecule has 0 radical (unpaired) electrons. The molecule has 1 atom stereocenters. The molecule has 0 fully saturated rings. The molecule has 1 N–H and O–H groups in total. The Morgan fingerprint density at radius 2 is 1.73 bits per heavy atom. The molecule has 3 heteroatoms. The van der Waals surface area contributed by atoms with Crippen LogP contribution in [0, 0.1) is 6.92 Å². The summed E-state index contributed by atoms with van der Waals surface area (Å²) >= 11 is 0. The van der Waals surface area contributed by atoms with Gasteiger partial charge in [0.05, 0.1) is 0 Å². The first-order valence-electron chi connectivity index (χ1n) is 3.37. The maximum atomic E-state index is 11.1. The van der Waals surface area contributed by atoms with Crippen LogP contribution in [-0.4, -0.2) is 11.6 Å². The third-order valence-corrected chi connectivity index (χ3v) is 2.77. The Bertz CT molecular complexity index is 283. The average molecular weight is 170 g/mol. The minimum atomic E-state index is -3.04. The average Bonchev–Trinajstić information content (AvgIpc) is 1.86. The van der Waals surface area contributed by atoms with Gasteiger partial charge in [0.15, 0.2) is 0 Å². The highest BCUT2D eigenvalue weighted by atomic mass is 31.2. The fourth-order valence-corrected chi connectivity index (χ4v) is 1.52. The molecule has 0 amide bonds. The highest BCUT2D eigenvalue weighted by molar-refractivity contribution is 7.65. The van der Waals surface area contributed by atoms with E-state index in [1.165, 1.54) is 6.66 Å². The molecule has 11 heavy (non-hydrogen) atoms. The van der Waals surface area contributed by atoms with Crippen molar-refractivity contribution in [2.24, 2.45) is 0 Å². The van der Waals surface area contributed by atoms with Crippen molar-refractivity contribution in [3.8, 4) is 0 Å². The van der Waals surface area contributed by atoms with E-state index in [9.17, 15) is 4.57 Å². The predicted octanol–water partition coefficient (Wildman–Crippen LogP) is 1.52. The maximum absolute atomic E-state index is 11.1. The van der Waals surface area contributed by atoms with E-state index in [1.54, 1.807) is 12.1 Å². The quantitative estimate of drug-likeness (QED) is 0.649. The molecule has 1 rings (SSSR count). The molecular weight excluding hydrogens is 159 g/mol. The van der Waals surface area contributed by atoms with Crippen molar-refractivity contribution in [1.82, 2.24) is 0 Å². The summed E-state index contributed by atoms with van der Waals surface area (Å²) in [6.07, 6.45) is 0. The van der Waals surface area contributed by atoms with E-state index in [-0.39, 0.29) is 0 Å². The molecule has 1 aromatic rings. The van der Waals surface area contributed by atoms with Crippen molar-refractivity contribution >= 4 is 12.7 Å². The van der Waals surface area contributed by atoms with Gasteiger partial charge in [0.2, 0.25) is 7.37 Å². The lowest BCUT2D eigenvalue weighted by atomic mass is 10.2. The monoisotopic (exact) mass is 170 g/mol. The van der Waals surface area contributed by atoms with E-state index >= 15 is 0 Å². The summed E-state index contributed by atoms with van der Waals surface area (Å²) in [5.74, 6) is 0. The molecule has 60 valence electrons. The van der Waals surface area contributed by atoms with Gasteiger partial charge >= 0.3 is 0 Å². The van der Waals surface area contributed by atoms with E-state index in [0.29, 0.717) is 5.30 Å². The van der Waals surface area contributed by atoms with Crippen LogP contribution < -0.4 is 5.30 Å². The molecule has 0 heterocycles. The Morgan fingerprint density at radius 1 is 1.27 bits per heavy atom. The molecule has 0 aliphatic rings. The number of rotatable bonds is 1. The van der Waals surface area contributed by atoms with Crippen molar-refractivity contribution in [2.45, 2.75) is 6.92 Å². The van der Waals surface area contributed by atoms with E-state index in [1.807, 2.05) is 19.1 Å². The summed E-state index contributed by atoms with van der Waals surface area (Å²) in [7, 11) is -3.04. The molecule has 0 aromatic heterocycles. The third-order valence-electron chi connectivity index (χ3n) is 1.51. The second-order valence-corrected chi connectivity index (χ2v) is 4.99. The molecular formula is C8H11O2P. The second-order valence-electron chi connectivity index (χ2n) is 2.71. The first-order valence-corrected chi connectivity index (χ1v) is 5.48. The summed E-state index contributed by atoms with van der Waals surface area (Å²) < 4.78 is 11.1. The fraction of sp³-hybridized carbons (Fsp3) is 0.250. The lowest BCUT2D eigenvalue weighted by Gasteiger charge is -2.04. The van der Waals surface area contributed by atoms with Crippen LogP contribution in [-0.2, 0) is 4.57 Å². The van der Waals surface area contributed by atoms with Crippen molar-refractivity contribution in [2.75, 3.05) is 6.66 Å². The van der Waals surface area contributed by atoms with Crippen LogP contribution in [0.15, 0.2) is 24.3 Å². The zero-order valence-electron chi connectivity index (χ0n) is 6.61. The van der Waals surface area contributed by atoms with E-state index in [2.05, 4.69) is 0 Å². The van der Waals surface area contributed by atoms with E-state index in [0.717, 1.165) is 5.56 Å². The van der Waals surface area contributed by atoms with E-state index in [4.69, 9.17) is 4.89 Å². The van der Waals surface area contributed by atoms with Crippen LogP contribution in [0.25, 0.3) is 0 Å². The minimum Gasteiger partial charge on any atom is -0.341 e. The van der Waals surface area contributed by atoms with Gasteiger partial charge in [-0.2, -0.15) is 0 Å². The number of hydrogen-bond donors (Lipinski definition) is 1. The van der Waals surface area contributed by atoms with Crippen molar-refractivity contribution in [1.29, 1.82) is 0 Å². The zero-order chi connectivity index (χ0) is 8.48. The molecule has 1 aromatic carbocycles. The zero-order valence-corrected chi connectivity index (χ0v) is 7.51. The maximum Gasteiger partial charge on any atom is 0.226 e. The van der Waals surface area contributed by atoms with Crippen LogP contribution in [0.5, 0.6) is 0 Å². The minimum absolute atomic E-state index is 0.517. The van der Waals surface area contributed by atoms with Gasteiger partial charge in [-0.15, -0.1) is 0 Å². The van der Waals surface area contributed by atoms with Gasteiger partial charge in [0.1, 0.15) is 0 Å². The summed E-state index contributed by atoms with van der Waals surface area (Å²) in [5.41, 5.74) is 1.10. The fourth-order valence-electron chi connectivity index (χ4n) is 0.821. The molecule has 2 nitrogen and oxygen atoms in total. The molecule has 0 saturated carbocycles. The van der Waals surface area contributed by atoms with Gasteiger partial charge in [0, 0.05) is 12.0 Å². The van der Waals surface area contributed by atoms with Crippen LogP contribution in [0.4, 0.5) is 0 Å². The van der Waals surface area contributed by atoms with E-state index < -0.39 is 7.37 Å². The SMILES string of the molecule is Cc1ccc(P(C)(=O)O)cc1. The van der Waals surface area contributed by atoms with Gasteiger partial charge in [-0.05, 0) is 19.1 Å². The van der Waals surface area contributed by atoms with Crippen LogP contribution in [0.1, 0.15) is 5.56 Å². The molecule has 1 unspecified atom stereocenters. The highest BCUT2D eigenvalue weighted by Gasteiger charge is 2.11. The summed E-state index contributed by atoms with van der Waals surface area (Å²) in [6.45, 7) is 3.29. The van der Waals surface area contributed by atoms with Crippen molar-refractivity contribution < 1.29 is 9.46 Å². The lowest BCUT2D eigenvalue weighted by Crippen LogP contribution is -2.01. The van der Waals surface area contributed by atoms with Gasteiger partial charge < -0.3 is 4.89 Å². The number of hydrogen-bond acceptors (Lipinski definition) is 1. The lowest BCUT2D eigenvalue weighted by molar-refractivity contribution is 0.496. The van der Waals surface area contributed by atoms with Gasteiger partial charge in [-0.3, -0.25) is 4.57 Å². The molecule has 0 bridgehead atoms. The van der Waals surface area contributed by atoms with Gasteiger partial charge in [-0.1, -0.05) is 17.7 Å². The molecule has 0 aliphatic carbocycles. The van der Waals surface area contributed by atoms with Gasteiger partial charge in [0.25, 0.3) is 0 Å².